The van der Waals surface area contributed by atoms with Gasteiger partial charge >= 0.3 is 5.97 Å². The molecule has 1 aliphatic heterocycles. The van der Waals surface area contributed by atoms with Gasteiger partial charge in [-0.2, -0.15) is 0 Å². The molecule has 0 bridgehead atoms. The normalized spacial score (nSPS) is 24.2. The number of likely N-dealkylation sites (tertiary alicyclic amines) is 1. The Bertz CT molecular complexity index is 456. The number of hydrogen-bond acceptors (Lipinski definition) is 4. The molecule has 1 fully saturated rings. The first-order chi connectivity index (χ1) is 9.51. The number of hydrogen-bond donors (Lipinski definition) is 1. The van der Waals surface area contributed by atoms with Crippen molar-refractivity contribution in [3.63, 3.8) is 0 Å². The summed E-state index contributed by atoms with van der Waals surface area (Å²) in [5.74, 6) is 1.07. The number of carbonyl (C=O) groups is 1. The Morgan fingerprint density at radius 1 is 1.45 bits per heavy atom. The van der Waals surface area contributed by atoms with Crippen molar-refractivity contribution in [2.45, 2.75) is 44.8 Å². The van der Waals surface area contributed by atoms with Crippen molar-refractivity contribution in [2.75, 3.05) is 20.6 Å². The van der Waals surface area contributed by atoms with Gasteiger partial charge in [0.15, 0.2) is 0 Å². The summed E-state index contributed by atoms with van der Waals surface area (Å²) in [6, 6.07) is 3.84. The van der Waals surface area contributed by atoms with E-state index in [0.717, 1.165) is 30.9 Å². The van der Waals surface area contributed by atoms with Gasteiger partial charge < -0.3 is 14.4 Å². The second kappa shape index (κ2) is 6.41. The zero-order valence-electron chi connectivity index (χ0n) is 12.5. The van der Waals surface area contributed by atoms with Gasteiger partial charge in [0, 0.05) is 19.0 Å². The molecule has 112 valence electrons. The van der Waals surface area contributed by atoms with E-state index in [1.165, 1.54) is 0 Å². The highest BCUT2D eigenvalue weighted by Crippen LogP contribution is 2.23. The molecule has 2 atom stereocenters. The van der Waals surface area contributed by atoms with Crippen LogP contribution in [-0.2, 0) is 17.8 Å². The first-order valence-electron chi connectivity index (χ1n) is 7.22. The molecular weight excluding hydrogens is 256 g/mol. The third-order valence-electron chi connectivity index (χ3n) is 4.13. The standard InChI is InChI=1S/C15H24N2O3/c1-4-12-5-6-13(20-12)10-17-8-7-11(16(2)3)9-14(17)15(18)19/h5-6,11,14H,4,7-10H2,1-3H3,(H,18,19)/t11-,14-/m1/s1. The molecule has 1 saturated heterocycles. The first-order valence-corrected chi connectivity index (χ1v) is 7.22. The summed E-state index contributed by atoms with van der Waals surface area (Å²) >= 11 is 0. The van der Waals surface area contributed by atoms with Crippen LogP contribution in [0.4, 0.5) is 0 Å². The Morgan fingerprint density at radius 2 is 2.15 bits per heavy atom. The maximum atomic E-state index is 11.5. The second-order valence-corrected chi connectivity index (χ2v) is 5.69. The number of carboxylic acids is 1. The van der Waals surface area contributed by atoms with Gasteiger partial charge in [0.2, 0.25) is 0 Å². The number of piperidine rings is 1. The third kappa shape index (κ3) is 3.41. The van der Waals surface area contributed by atoms with Crippen LogP contribution < -0.4 is 0 Å². The quantitative estimate of drug-likeness (QED) is 0.891. The molecule has 1 aromatic rings. The lowest BCUT2D eigenvalue weighted by atomic mass is 9.96. The largest absolute Gasteiger partial charge is 0.480 e. The molecule has 0 aliphatic carbocycles. The van der Waals surface area contributed by atoms with Crippen LogP contribution in [0.25, 0.3) is 0 Å². The Kier molecular flexibility index (Phi) is 4.83. The van der Waals surface area contributed by atoms with Gasteiger partial charge in [0.05, 0.1) is 6.54 Å². The lowest BCUT2D eigenvalue weighted by Gasteiger charge is -2.39. The van der Waals surface area contributed by atoms with Crippen molar-refractivity contribution in [2.24, 2.45) is 0 Å². The molecule has 0 saturated carbocycles. The molecule has 0 amide bonds. The van der Waals surface area contributed by atoms with Crippen molar-refractivity contribution >= 4 is 5.97 Å². The summed E-state index contributed by atoms with van der Waals surface area (Å²) in [5, 5.41) is 9.45. The number of aliphatic carboxylic acids is 1. The van der Waals surface area contributed by atoms with Gasteiger partial charge in [-0.15, -0.1) is 0 Å². The van der Waals surface area contributed by atoms with Crippen molar-refractivity contribution in [3.8, 4) is 0 Å². The van der Waals surface area contributed by atoms with Gasteiger partial charge in [-0.05, 0) is 39.1 Å². The Morgan fingerprint density at radius 3 is 2.70 bits per heavy atom. The maximum absolute atomic E-state index is 11.5. The number of aryl methyl sites for hydroxylation is 1. The summed E-state index contributed by atoms with van der Waals surface area (Å²) < 4.78 is 5.69. The molecule has 0 spiro atoms. The van der Waals surface area contributed by atoms with Crippen LogP contribution in [0.2, 0.25) is 0 Å². The summed E-state index contributed by atoms with van der Waals surface area (Å²) in [4.78, 5) is 15.6. The fourth-order valence-corrected chi connectivity index (χ4v) is 2.81. The summed E-state index contributed by atoms with van der Waals surface area (Å²) in [6.07, 6.45) is 2.53. The molecule has 1 aromatic heterocycles. The summed E-state index contributed by atoms with van der Waals surface area (Å²) in [7, 11) is 4.03. The SMILES string of the molecule is CCc1ccc(CN2CC[C@@H](N(C)C)C[C@@H]2C(=O)O)o1. The average molecular weight is 280 g/mol. The van der Waals surface area contributed by atoms with Crippen LogP contribution in [0.15, 0.2) is 16.5 Å². The summed E-state index contributed by atoms with van der Waals surface area (Å²) in [5.41, 5.74) is 0. The van der Waals surface area contributed by atoms with E-state index >= 15 is 0 Å². The van der Waals surface area contributed by atoms with Gasteiger partial charge in [-0.25, -0.2) is 0 Å². The van der Waals surface area contributed by atoms with E-state index in [1.54, 1.807) is 0 Å². The highest BCUT2D eigenvalue weighted by molar-refractivity contribution is 5.73. The molecule has 20 heavy (non-hydrogen) atoms. The van der Waals surface area contributed by atoms with E-state index in [-0.39, 0.29) is 0 Å². The lowest BCUT2D eigenvalue weighted by Crippen LogP contribution is -2.51. The topological polar surface area (TPSA) is 56.9 Å². The Balaban J connectivity index is 2.04. The van der Waals surface area contributed by atoms with E-state index in [2.05, 4.69) is 4.90 Å². The highest BCUT2D eigenvalue weighted by atomic mass is 16.4. The molecule has 0 unspecified atom stereocenters. The molecule has 0 radical (unpaired) electrons. The fraction of sp³-hybridized carbons (Fsp3) is 0.667. The van der Waals surface area contributed by atoms with Crippen LogP contribution in [0.1, 0.15) is 31.3 Å². The number of nitrogens with zero attached hydrogens (tertiary/aromatic N) is 2. The van der Waals surface area contributed by atoms with Crippen LogP contribution in [0.5, 0.6) is 0 Å². The van der Waals surface area contributed by atoms with Gasteiger partial charge in [0.1, 0.15) is 17.6 Å². The fourth-order valence-electron chi connectivity index (χ4n) is 2.81. The zero-order valence-corrected chi connectivity index (χ0v) is 12.5. The average Bonchev–Trinajstić information content (AvgIpc) is 2.86. The van der Waals surface area contributed by atoms with E-state index < -0.39 is 12.0 Å². The number of furan rings is 1. The predicted molar refractivity (Wildman–Crippen MR) is 76.6 cm³/mol. The predicted octanol–water partition coefficient (Wildman–Crippen LogP) is 1.82. The minimum atomic E-state index is -0.737. The Labute approximate surface area is 120 Å². The third-order valence-corrected chi connectivity index (χ3v) is 4.13. The van der Waals surface area contributed by atoms with Crippen LogP contribution >= 0.6 is 0 Å². The molecule has 2 rings (SSSR count). The van der Waals surface area contributed by atoms with Crippen molar-refractivity contribution in [3.05, 3.63) is 23.7 Å². The zero-order chi connectivity index (χ0) is 14.7. The molecule has 5 heteroatoms. The van der Waals surface area contributed by atoms with E-state index in [0.29, 0.717) is 19.0 Å². The highest BCUT2D eigenvalue weighted by Gasteiger charge is 2.34. The van der Waals surface area contributed by atoms with Crippen LogP contribution in [-0.4, -0.2) is 53.6 Å². The smallest absolute Gasteiger partial charge is 0.320 e. The monoisotopic (exact) mass is 280 g/mol. The molecule has 1 N–H and O–H groups in total. The van der Waals surface area contributed by atoms with Crippen molar-refractivity contribution in [1.29, 1.82) is 0 Å². The van der Waals surface area contributed by atoms with Crippen molar-refractivity contribution in [1.82, 2.24) is 9.80 Å². The van der Waals surface area contributed by atoms with Gasteiger partial charge in [-0.3, -0.25) is 9.69 Å². The minimum Gasteiger partial charge on any atom is -0.480 e. The van der Waals surface area contributed by atoms with Crippen LogP contribution in [0.3, 0.4) is 0 Å². The maximum Gasteiger partial charge on any atom is 0.320 e. The lowest BCUT2D eigenvalue weighted by molar-refractivity contribution is -0.146. The van der Waals surface area contributed by atoms with Crippen molar-refractivity contribution < 1.29 is 14.3 Å². The van der Waals surface area contributed by atoms with E-state index in [4.69, 9.17) is 4.42 Å². The van der Waals surface area contributed by atoms with E-state index in [1.807, 2.05) is 38.1 Å². The first kappa shape index (κ1) is 15.1. The molecule has 5 nitrogen and oxygen atoms in total. The van der Waals surface area contributed by atoms with Gasteiger partial charge in [-0.1, -0.05) is 6.92 Å². The molecule has 1 aliphatic rings. The number of carboxylic acid groups (broad SMARTS) is 1. The molecular formula is C15H24N2O3. The summed E-state index contributed by atoms with van der Waals surface area (Å²) in [6.45, 7) is 3.42. The molecule has 2 heterocycles. The van der Waals surface area contributed by atoms with Gasteiger partial charge in [0.25, 0.3) is 0 Å². The van der Waals surface area contributed by atoms with E-state index in [9.17, 15) is 9.90 Å². The number of rotatable bonds is 5. The minimum absolute atomic E-state index is 0.343. The second-order valence-electron chi connectivity index (χ2n) is 5.69. The van der Waals surface area contributed by atoms with Crippen LogP contribution in [0, 0.1) is 0 Å². The Hall–Kier alpha value is -1.33. The molecule has 0 aromatic carbocycles.